The molecule has 2 amide bonds. The summed E-state index contributed by atoms with van der Waals surface area (Å²) in [5, 5.41) is 5.18. The van der Waals surface area contributed by atoms with Gasteiger partial charge >= 0.3 is 0 Å². The molecule has 2 aromatic rings. The molecule has 22 heavy (non-hydrogen) atoms. The number of amides is 2. The number of pyridine rings is 1. The first-order valence-corrected chi connectivity index (χ1v) is 6.47. The molecule has 1 aromatic heterocycles. The van der Waals surface area contributed by atoms with Crippen molar-refractivity contribution in [2.24, 2.45) is 0 Å². The number of benzene rings is 1. The van der Waals surface area contributed by atoms with Crippen molar-refractivity contribution < 1.29 is 14.0 Å². The van der Waals surface area contributed by atoms with Crippen LogP contribution in [0, 0.1) is 5.82 Å². The van der Waals surface area contributed by atoms with Crippen molar-refractivity contribution in [3.05, 3.63) is 58.8 Å². The number of halogens is 1. The van der Waals surface area contributed by atoms with Gasteiger partial charge in [0.05, 0.1) is 0 Å². The molecular formula is C15H14FN3O3. The molecular weight excluding hydrogens is 289 g/mol. The summed E-state index contributed by atoms with van der Waals surface area (Å²) >= 11 is 0. The lowest BCUT2D eigenvalue weighted by molar-refractivity contribution is -0.117. The van der Waals surface area contributed by atoms with Gasteiger partial charge in [-0.25, -0.2) is 4.39 Å². The zero-order chi connectivity index (χ0) is 16.1. The minimum absolute atomic E-state index is 0.192. The number of aromatic nitrogens is 1. The number of nitrogens with one attached hydrogen (secondary N) is 2. The molecule has 0 fully saturated rings. The van der Waals surface area contributed by atoms with Gasteiger partial charge in [0.15, 0.2) is 0 Å². The van der Waals surface area contributed by atoms with E-state index in [4.69, 9.17) is 0 Å². The van der Waals surface area contributed by atoms with Crippen molar-refractivity contribution >= 4 is 23.2 Å². The molecule has 0 spiro atoms. The Hall–Kier alpha value is -2.96. The number of carbonyl (C=O) groups is 2. The van der Waals surface area contributed by atoms with Crippen LogP contribution in [0.15, 0.2) is 47.4 Å². The maximum absolute atomic E-state index is 13.0. The third kappa shape index (κ3) is 4.27. The van der Waals surface area contributed by atoms with Crippen LogP contribution in [-0.2, 0) is 16.1 Å². The highest BCUT2D eigenvalue weighted by Crippen LogP contribution is 2.13. The van der Waals surface area contributed by atoms with Crippen molar-refractivity contribution in [1.29, 1.82) is 0 Å². The molecule has 0 aliphatic carbocycles. The van der Waals surface area contributed by atoms with Crippen LogP contribution in [-0.4, -0.2) is 16.4 Å². The third-order valence-electron chi connectivity index (χ3n) is 2.75. The molecule has 0 saturated carbocycles. The van der Waals surface area contributed by atoms with E-state index in [1.807, 2.05) is 0 Å². The average Bonchev–Trinajstić information content (AvgIpc) is 2.44. The van der Waals surface area contributed by atoms with Crippen molar-refractivity contribution in [2.75, 3.05) is 10.6 Å². The molecule has 0 aliphatic rings. The largest absolute Gasteiger partial charge is 0.326 e. The van der Waals surface area contributed by atoms with Crippen LogP contribution in [0.3, 0.4) is 0 Å². The second kappa shape index (κ2) is 6.66. The summed E-state index contributed by atoms with van der Waals surface area (Å²) in [5.74, 6) is -1.24. The van der Waals surface area contributed by atoms with E-state index in [1.54, 1.807) is 24.3 Å². The first-order valence-electron chi connectivity index (χ1n) is 6.47. The summed E-state index contributed by atoms with van der Waals surface area (Å²) in [6.45, 7) is 1.11. The van der Waals surface area contributed by atoms with Gasteiger partial charge in [-0.3, -0.25) is 14.4 Å². The van der Waals surface area contributed by atoms with E-state index in [0.29, 0.717) is 11.4 Å². The molecule has 0 unspecified atom stereocenters. The summed E-state index contributed by atoms with van der Waals surface area (Å²) in [5.41, 5.74) is 0.646. The fraction of sp³-hybridized carbons (Fsp3) is 0.133. The van der Waals surface area contributed by atoms with E-state index < -0.39 is 17.3 Å². The van der Waals surface area contributed by atoms with Gasteiger partial charge in [-0.15, -0.1) is 0 Å². The van der Waals surface area contributed by atoms with Crippen LogP contribution in [0.25, 0.3) is 0 Å². The molecule has 0 aliphatic heterocycles. The smallest absolute Gasteiger partial charge is 0.251 e. The SMILES string of the molecule is CC(=O)Nc1ccc(NC(=O)Cn2cc(F)ccc2=O)cc1. The van der Waals surface area contributed by atoms with Gasteiger partial charge in [-0.2, -0.15) is 0 Å². The van der Waals surface area contributed by atoms with Gasteiger partial charge in [0.2, 0.25) is 11.8 Å². The number of nitrogens with zero attached hydrogens (tertiary/aromatic N) is 1. The first kappa shape index (κ1) is 15.4. The summed E-state index contributed by atoms with van der Waals surface area (Å²) < 4.78 is 14.0. The predicted molar refractivity (Wildman–Crippen MR) is 80.0 cm³/mol. The standard InChI is InChI=1S/C15H14FN3O3/c1-10(20)17-12-3-5-13(6-4-12)18-14(21)9-19-8-11(16)2-7-15(19)22/h2-8H,9H2,1H3,(H,17,20)(H,18,21). The molecule has 0 radical (unpaired) electrons. The Labute approximate surface area is 125 Å². The Morgan fingerprint density at radius 1 is 1.05 bits per heavy atom. The van der Waals surface area contributed by atoms with Crippen LogP contribution in [0.1, 0.15) is 6.92 Å². The van der Waals surface area contributed by atoms with Crippen molar-refractivity contribution in [3.8, 4) is 0 Å². The summed E-state index contributed by atoms with van der Waals surface area (Å²) in [4.78, 5) is 34.2. The van der Waals surface area contributed by atoms with Gasteiger partial charge in [0.1, 0.15) is 12.4 Å². The highest BCUT2D eigenvalue weighted by Gasteiger charge is 2.06. The maximum Gasteiger partial charge on any atom is 0.251 e. The van der Waals surface area contributed by atoms with E-state index in [1.165, 1.54) is 6.92 Å². The molecule has 7 heteroatoms. The van der Waals surface area contributed by atoms with Gasteiger partial charge in [-0.1, -0.05) is 0 Å². The molecule has 2 N–H and O–H groups in total. The fourth-order valence-electron chi connectivity index (χ4n) is 1.82. The summed E-state index contributed by atoms with van der Waals surface area (Å²) in [6, 6.07) is 8.58. The van der Waals surface area contributed by atoms with Crippen LogP contribution in [0.2, 0.25) is 0 Å². The topological polar surface area (TPSA) is 80.2 Å². The predicted octanol–water partition coefficient (Wildman–Crippen LogP) is 1.58. The van der Waals surface area contributed by atoms with Crippen LogP contribution >= 0.6 is 0 Å². The van der Waals surface area contributed by atoms with Gasteiger partial charge < -0.3 is 15.2 Å². The zero-order valence-corrected chi connectivity index (χ0v) is 11.8. The van der Waals surface area contributed by atoms with Crippen LogP contribution in [0.5, 0.6) is 0 Å². The minimum Gasteiger partial charge on any atom is -0.326 e. The molecule has 1 heterocycles. The van der Waals surface area contributed by atoms with Crippen molar-refractivity contribution in [1.82, 2.24) is 4.57 Å². The van der Waals surface area contributed by atoms with Gasteiger partial charge in [0.25, 0.3) is 5.56 Å². The number of hydrogen-bond acceptors (Lipinski definition) is 3. The summed E-state index contributed by atoms with van der Waals surface area (Å²) in [6.07, 6.45) is 0.974. The van der Waals surface area contributed by atoms with Gasteiger partial charge in [0, 0.05) is 30.6 Å². The fourth-order valence-corrected chi connectivity index (χ4v) is 1.82. The Morgan fingerprint density at radius 2 is 1.64 bits per heavy atom. The van der Waals surface area contributed by atoms with E-state index in [2.05, 4.69) is 10.6 Å². The normalized spacial score (nSPS) is 10.1. The Bertz CT molecular complexity index is 753. The maximum atomic E-state index is 13.0. The molecule has 114 valence electrons. The Morgan fingerprint density at radius 3 is 2.23 bits per heavy atom. The second-order valence-corrected chi connectivity index (χ2v) is 4.62. The van der Waals surface area contributed by atoms with Gasteiger partial charge in [-0.05, 0) is 30.3 Å². The van der Waals surface area contributed by atoms with Crippen LogP contribution < -0.4 is 16.2 Å². The highest BCUT2D eigenvalue weighted by atomic mass is 19.1. The lowest BCUT2D eigenvalue weighted by Crippen LogP contribution is -2.27. The Kier molecular flexibility index (Phi) is 4.67. The molecule has 0 atom stereocenters. The second-order valence-electron chi connectivity index (χ2n) is 4.62. The zero-order valence-electron chi connectivity index (χ0n) is 11.8. The summed E-state index contributed by atoms with van der Waals surface area (Å²) in [7, 11) is 0. The number of rotatable bonds is 4. The minimum atomic E-state index is -0.591. The highest BCUT2D eigenvalue weighted by molar-refractivity contribution is 5.92. The lowest BCUT2D eigenvalue weighted by Gasteiger charge is -2.08. The molecule has 0 saturated heterocycles. The third-order valence-corrected chi connectivity index (χ3v) is 2.75. The molecule has 6 nitrogen and oxygen atoms in total. The van der Waals surface area contributed by atoms with Crippen molar-refractivity contribution in [3.63, 3.8) is 0 Å². The van der Waals surface area contributed by atoms with Crippen molar-refractivity contribution in [2.45, 2.75) is 13.5 Å². The average molecular weight is 303 g/mol. The van der Waals surface area contributed by atoms with E-state index in [9.17, 15) is 18.8 Å². The van der Waals surface area contributed by atoms with Crippen LogP contribution in [0.4, 0.5) is 15.8 Å². The molecule has 2 rings (SSSR count). The van der Waals surface area contributed by atoms with E-state index >= 15 is 0 Å². The van der Waals surface area contributed by atoms with E-state index in [0.717, 1.165) is 22.9 Å². The Balaban J connectivity index is 2.01. The molecule has 0 bridgehead atoms. The quantitative estimate of drug-likeness (QED) is 0.900. The lowest BCUT2D eigenvalue weighted by atomic mass is 10.2. The monoisotopic (exact) mass is 303 g/mol. The number of anilines is 2. The first-order chi connectivity index (χ1) is 10.4. The van der Waals surface area contributed by atoms with E-state index in [-0.39, 0.29) is 12.5 Å². The number of hydrogen-bond donors (Lipinski definition) is 2. The number of carbonyl (C=O) groups excluding carboxylic acids is 2. The molecule has 1 aromatic carbocycles.